The van der Waals surface area contributed by atoms with E-state index in [-0.39, 0.29) is 0 Å². The van der Waals surface area contributed by atoms with Gasteiger partial charge in [0.05, 0.1) is 0 Å². The number of nitrogens with one attached hydrogen (secondary N) is 1. The third kappa shape index (κ3) is 5.55. The van der Waals surface area contributed by atoms with Gasteiger partial charge in [0.15, 0.2) is 0 Å². The van der Waals surface area contributed by atoms with Crippen LogP contribution < -0.4 is 11.1 Å². The van der Waals surface area contributed by atoms with Crippen molar-refractivity contribution in [3.63, 3.8) is 0 Å². The van der Waals surface area contributed by atoms with Gasteiger partial charge in [-0.3, -0.25) is 0 Å². The first-order chi connectivity index (χ1) is 6.36. The minimum absolute atomic E-state index is 0.563. The van der Waals surface area contributed by atoms with Gasteiger partial charge in [0.25, 0.3) is 0 Å². The molecule has 0 radical (unpaired) electrons. The molecule has 1 atom stereocenters. The first-order valence-corrected chi connectivity index (χ1v) is 6.68. The lowest BCUT2D eigenvalue weighted by Crippen LogP contribution is -2.37. The Morgan fingerprint density at radius 2 is 2.31 bits per heavy atom. The molecule has 0 aromatic carbocycles. The molecular weight excluding hydrogens is 180 g/mol. The van der Waals surface area contributed by atoms with Gasteiger partial charge in [0.1, 0.15) is 0 Å². The van der Waals surface area contributed by atoms with E-state index in [0.717, 1.165) is 12.5 Å². The molecule has 2 nitrogen and oxygen atoms in total. The van der Waals surface area contributed by atoms with Crippen molar-refractivity contribution in [2.24, 2.45) is 11.7 Å². The van der Waals surface area contributed by atoms with Crippen molar-refractivity contribution in [2.75, 3.05) is 25.1 Å². The lowest BCUT2D eigenvalue weighted by molar-refractivity contribution is 0.472. The van der Waals surface area contributed by atoms with Gasteiger partial charge in [-0.15, -0.1) is 0 Å². The van der Waals surface area contributed by atoms with Crippen LogP contribution in [0.1, 0.15) is 25.7 Å². The van der Waals surface area contributed by atoms with Crippen molar-refractivity contribution in [1.29, 1.82) is 0 Å². The normalized spacial score (nSPS) is 18.9. The maximum atomic E-state index is 5.69. The molecule has 0 amide bonds. The van der Waals surface area contributed by atoms with Gasteiger partial charge in [-0.1, -0.05) is 0 Å². The minimum atomic E-state index is 0.563. The number of nitrogens with two attached hydrogens (primary N) is 1. The maximum absolute atomic E-state index is 5.69. The van der Waals surface area contributed by atoms with E-state index in [2.05, 4.69) is 11.6 Å². The van der Waals surface area contributed by atoms with Gasteiger partial charge in [-0.25, -0.2) is 0 Å². The van der Waals surface area contributed by atoms with Crippen molar-refractivity contribution < 1.29 is 0 Å². The Labute approximate surface area is 86.0 Å². The quantitative estimate of drug-likeness (QED) is 0.585. The zero-order valence-corrected chi connectivity index (χ0v) is 9.41. The second-order valence-corrected chi connectivity index (χ2v) is 4.90. The molecule has 1 aliphatic rings. The Kier molecular flexibility index (Phi) is 5.83. The van der Waals surface area contributed by atoms with E-state index in [4.69, 9.17) is 5.73 Å². The Hall–Kier alpha value is 0.270. The number of hydrogen-bond donors (Lipinski definition) is 2. The van der Waals surface area contributed by atoms with Crippen molar-refractivity contribution in [3.8, 4) is 0 Å². The highest BCUT2D eigenvalue weighted by molar-refractivity contribution is 7.98. The van der Waals surface area contributed by atoms with E-state index < -0.39 is 0 Å². The summed E-state index contributed by atoms with van der Waals surface area (Å²) in [5.74, 6) is 2.23. The van der Waals surface area contributed by atoms with Crippen LogP contribution in [0.5, 0.6) is 0 Å². The van der Waals surface area contributed by atoms with Crippen LogP contribution in [-0.2, 0) is 0 Å². The summed E-state index contributed by atoms with van der Waals surface area (Å²) in [4.78, 5) is 0. The molecule has 0 saturated heterocycles. The van der Waals surface area contributed by atoms with Crippen molar-refractivity contribution in [1.82, 2.24) is 5.32 Å². The van der Waals surface area contributed by atoms with Gasteiger partial charge < -0.3 is 11.1 Å². The molecule has 1 unspecified atom stereocenters. The zero-order chi connectivity index (χ0) is 9.52. The van der Waals surface area contributed by atoms with Crippen LogP contribution >= 0.6 is 11.8 Å². The molecule has 0 aromatic rings. The molecule has 1 rings (SSSR count). The molecule has 0 aliphatic heterocycles. The largest absolute Gasteiger partial charge is 0.329 e. The highest BCUT2D eigenvalue weighted by Gasteiger charge is 2.21. The second-order valence-electron chi connectivity index (χ2n) is 3.92. The monoisotopic (exact) mass is 202 g/mol. The summed E-state index contributed by atoms with van der Waals surface area (Å²) in [6, 6.07) is 0.563. The Morgan fingerprint density at radius 3 is 2.85 bits per heavy atom. The third-order valence-corrected chi connectivity index (χ3v) is 3.27. The smallest absolute Gasteiger partial charge is 0.0190 e. The van der Waals surface area contributed by atoms with Crippen LogP contribution in [0.25, 0.3) is 0 Å². The molecule has 13 heavy (non-hydrogen) atoms. The zero-order valence-electron chi connectivity index (χ0n) is 8.59. The Bertz CT molecular complexity index is 126. The van der Waals surface area contributed by atoms with Crippen LogP contribution in [-0.4, -0.2) is 31.1 Å². The molecule has 0 aromatic heterocycles. The molecule has 0 bridgehead atoms. The van der Waals surface area contributed by atoms with Crippen molar-refractivity contribution >= 4 is 11.8 Å². The maximum Gasteiger partial charge on any atom is 0.0190 e. The molecule has 0 heterocycles. The van der Waals surface area contributed by atoms with Gasteiger partial charge in [0.2, 0.25) is 0 Å². The number of hydrogen-bond acceptors (Lipinski definition) is 3. The summed E-state index contributed by atoms with van der Waals surface area (Å²) in [6.07, 6.45) is 7.55. The second kappa shape index (κ2) is 6.68. The summed E-state index contributed by atoms with van der Waals surface area (Å²) >= 11 is 1.92. The fourth-order valence-corrected chi connectivity index (χ4v) is 1.89. The molecule has 1 fully saturated rings. The van der Waals surface area contributed by atoms with Gasteiger partial charge in [-0.05, 0) is 50.2 Å². The summed E-state index contributed by atoms with van der Waals surface area (Å²) in [7, 11) is 0. The van der Waals surface area contributed by atoms with E-state index in [1.54, 1.807) is 0 Å². The van der Waals surface area contributed by atoms with E-state index in [9.17, 15) is 0 Å². The molecule has 1 saturated carbocycles. The average Bonchev–Trinajstić information content (AvgIpc) is 2.94. The van der Waals surface area contributed by atoms with Crippen molar-refractivity contribution in [3.05, 3.63) is 0 Å². The van der Waals surface area contributed by atoms with Crippen LogP contribution in [0.15, 0.2) is 0 Å². The summed E-state index contributed by atoms with van der Waals surface area (Å²) < 4.78 is 0. The van der Waals surface area contributed by atoms with Gasteiger partial charge >= 0.3 is 0 Å². The predicted molar refractivity (Wildman–Crippen MR) is 61.2 cm³/mol. The molecule has 3 N–H and O–H groups in total. The van der Waals surface area contributed by atoms with E-state index in [1.165, 1.54) is 38.0 Å². The molecular formula is C10H22N2S. The lowest BCUT2D eigenvalue weighted by Gasteiger charge is -2.16. The first-order valence-electron chi connectivity index (χ1n) is 5.29. The van der Waals surface area contributed by atoms with E-state index in [1.807, 2.05) is 11.8 Å². The lowest BCUT2D eigenvalue weighted by atomic mass is 10.1. The highest BCUT2D eigenvalue weighted by atomic mass is 32.2. The number of rotatable bonds is 8. The predicted octanol–water partition coefficient (Wildman–Crippen LogP) is 1.46. The average molecular weight is 202 g/mol. The van der Waals surface area contributed by atoms with Crippen LogP contribution in [0.4, 0.5) is 0 Å². The molecule has 3 heteroatoms. The highest BCUT2D eigenvalue weighted by Crippen LogP contribution is 2.27. The summed E-state index contributed by atoms with van der Waals surface area (Å²) in [5, 5.41) is 3.56. The fourth-order valence-electron chi connectivity index (χ4n) is 1.43. The van der Waals surface area contributed by atoms with E-state index in [0.29, 0.717) is 6.04 Å². The standard InChI is InChI=1S/C10H22N2S/c1-13-6-2-3-10(7-11)12-8-9-4-5-9/h9-10,12H,2-8,11H2,1H3. The summed E-state index contributed by atoms with van der Waals surface area (Å²) in [5.41, 5.74) is 5.69. The SMILES string of the molecule is CSCCCC(CN)NCC1CC1. The van der Waals surface area contributed by atoms with Crippen LogP contribution in [0.3, 0.4) is 0 Å². The van der Waals surface area contributed by atoms with E-state index >= 15 is 0 Å². The first kappa shape index (κ1) is 11.3. The summed E-state index contributed by atoms with van der Waals surface area (Å²) in [6.45, 7) is 1.99. The van der Waals surface area contributed by atoms with Gasteiger partial charge in [0, 0.05) is 12.6 Å². The molecule has 0 spiro atoms. The van der Waals surface area contributed by atoms with Crippen LogP contribution in [0.2, 0.25) is 0 Å². The third-order valence-electron chi connectivity index (χ3n) is 2.58. The van der Waals surface area contributed by atoms with Crippen molar-refractivity contribution in [2.45, 2.75) is 31.7 Å². The molecule has 78 valence electrons. The number of thioether (sulfide) groups is 1. The Balaban J connectivity index is 1.95. The fraction of sp³-hybridized carbons (Fsp3) is 1.00. The topological polar surface area (TPSA) is 38.0 Å². The van der Waals surface area contributed by atoms with Crippen LogP contribution in [0, 0.1) is 5.92 Å². The van der Waals surface area contributed by atoms with Gasteiger partial charge in [-0.2, -0.15) is 11.8 Å². The Morgan fingerprint density at radius 1 is 1.54 bits per heavy atom. The molecule has 1 aliphatic carbocycles. The minimum Gasteiger partial charge on any atom is -0.329 e.